The van der Waals surface area contributed by atoms with E-state index in [1.165, 1.54) is 11.0 Å². The van der Waals surface area contributed by atoms with Gasteiger partial charge in [-0.05, 0) is 31.2 Å². The molecule has 0 aliphatic carbocycles. The summed E-state index contributed by atoms with van der Waals surface area (Å²) in [5, 5.41) is 4.77. The van der Waals surface area contributed by atoms with Gasteiger partial charge in [0.1, 0.15) is 0 Å². The minimum atomic E-state index is -0.419. The minimum Gasteiger partial charge on any atom is -0.343 e. The Kier molecular flexibility index (Phi) is 3.90. The van der Waals surface area contributed by atoms with Crippen molar-refractivity contribution in [2.75, 3.05) is 14.1 Å². The van der Waals surface area contributed by atoms with Crippen LogP contribution in [0.2, 0.25) is 5.02 Å². The zero-order valence-corrected chi connectivity index (χ0v) is 12.2. The van der Waals surface area contributed by atoms with Gasteiger partial charge in [-0.15, -0.1) is 0 Å². The third-order valence-corrected chi connectivity index (χ3v) is 3.04. The summed E-state index contributed by atoms with van der Waals surface area (Å²) in [5.41, 5.74) is 0.897. The van der Waals surface area contributed by atoms with E-state index in [-0.39, 0.29) is 11.1 Å². The van der Waals surface area contributed by atoms with Crippen LogP contribution in [0, 0.1) is 6.92 Å². The standard InChI is InChI=1S/C14H14ClN3O2/c1-9-8-12(19)13(14(20)17(2)3)16-18(9)11-6-4-10(15)5-7-11/h4-8H,1-3H3. The van der Waals surface area contributed by atoms with Crippen molar-refractivity contribution in [1.82, 2.24) is 14.7 Å². The summed E-state index contributed by atoms with van der Waals surface area (Å²) in [5.74, 6) is -0.419. The van der Waals surface area contributed by atoms with Gasteiger partial charge in [-0.2, -0.15) is 5.10 Å². The molecule has 2 rings (SSSR count). The summed E-state index contributed by atoms with van der Waals surface area (Å²) >= 11 is 5.85. The maximum Gasteiger partial charge on any atom is 0.277 e. The van der Waals surface area contributed by atoms with Gasteiger partial charge < -0.3 is 4.90 Å². The average molecular weight is 292 g/mol. The molecule has 1 heterocycles. The van der Waals surface area contributed by atoms with E-state index in [2.05, 4.69) is 5.10 Å². The third-order valence-electron chi connectivity index (χ3n) is 2.79. The smallest absolute Gasteiger partial charge is 0.277 e. The van der Waals surface area contributed by atoms with E-state index in [4.69, 9.17) is 11.6 Å². The minimum absolute atomic E-state index is 0.101. The van der Waals surface area contributed by atoms with Crippen molar-refractivity contribution in [3.05, 3.63) is 57.0 Å². The molecule has 0 N–H and O–H groups in total. The Morgan fingerprint density at radius 3 is 2.40 bits per heavy atom. The highest BCUT2D eigenvalue weighted by molar-refractivity contribution is 6.30. The molecule has 0 spiro atoms. The predicted molar refractivity (Wildman–Crippen MR) is 77.6 cm³/mol. The van der Waals surface area contributed by atoms with Gasteiger partial charge in [-0.3, -0.25) is 9.59 Å². The van der Waals surface area contributed by atoms with E-state index in [1.807, 2.05) is 0 Å². The highest BCUT2D eigenvalue weighted by atomic mass is 35.5. The van der Waals surface area contributed by atoms with Crippen LogP contribution in [0.5, 0.6) is 0 Å². The van der Waals surface area contributed by atoms with Gasteiger partial charge in [0.15, 0.2) is 5.69 Å². The van der Waals surface area contributed by atoms with Crippen molar-refractivity contribution in [3.8, 4) is 5.69 Å². The number of hydrogen-bond donors (Lipinski definition) is 0. The third kappa shape index (κ3) is 2.72. The molecule has 0 saturated carbocycles. The second kappa shape index (κ2) is 5.46. The monoisotopic (exact) mass is 291 g/mol. The first-order chi connectivity index (χ1) is 9.40. The summed E-state index contributed by atoms with van der Waals surface area (Å²) in [4.78, 5) is 25.1. The number of rotatable bonds is 2. The Balaban J connectivity index is 2.60. The molecule has 1 aromatic carbocycles. The summed E-state index contributed by atoms with van der Waals surface area (Å²) in [6.07, 6.45) is 0. The van der Waals surface area contributed by atoms with E-state index in [0.29, 0.717) is 10.7 Å². The van der Waals surface area contributed by atoms with E-state index < -0.39 is 5.91 Å². The van der Waals surface area contributed by atoms with Crippen molar-refractivity contribution in [2.45, 2.75) is 6.92 Å². The van der Waals surface area contributed by atoms with Gasteiger partial charge in [-0.1, -0.05) is 11.6 Å². The fraction of sp³-hybridized carbons (Fsp3) is 0.214. The Labute approximate surface area is 121 Å². The Morgan fingerprint density at radius 1 is 1.25 bits per heavy atom. The summed E-state index contributed by atoms with van der Waals surface area (Å²) < 4.78 is 1.55. The van der Waals surface area contributed by atoms with Crippen LogP contribution >= 0.6 is 11.6 Å². The molecule has 1 aromatic heterocycles. The fourth-order valence-electron chi connectivity index (χ4n) is 1.75. The molecular formula is C14H14ClN3O2. The Bertz CT molecular complexity index is 705. The lowest BCUT2D eigenvalue weighted by Gasteiger charge is -2.13. The number of aromatic nitrogens is 2. The molecule has 0 bridgehead atoms. The van der Waals surface area contributed by atoms with E-state index in [9.17, 15) is 9.59 Å². The van der Waals surface area contributed by atoms with Crippen molar-refractivity contribution in [1.29, 1.82) is 0 Å². The molecule has 1 amide bonds. The molecule has 2 aromatic rings. The topological polar surface area (TPSA) is 55.2 Å². The lowest BCUT2D eigenvalue weighted by Crippen LogP contribution is -2.31. The molecule has 0 radical (unpaired) electrons. The number of hydrogen-bond acceptors (Lipinski definition) is 3. The molecular weight excluding hydrogens is 278 g/mol. The number of carbonyl (C=O) groups excluding carboxylic acids is 1. The Hall–Kier alpha value is -2.14. The zero-order chi connectivity index (χ0) is 14.9. The van der Waals surface area contributed by atoms with Gasteiger partial charge in [0.25, 0.3) is 5.91 Å². The summed E-state index contributed by atoms with van der Waals surface area (Å²) in [6.45, 7) is 1.76. The average Bonchev–Trinajstić information content (AvgIpc) is 2.39. The molecule has 20 heavy (non-hydrogen) atoms. The van der Waals surface area contributed by atoms with Crippen LogP contribution in [0.25, 0.3) is 5.69 Å². The normalized spacial score (nSPS) is 10.4. The van der Waals surface area contributed by atoms with Gasteiger partial charge >= 0.3 is 0 Å². The number of carbonyl (C=O) groups is 1. The SMILES string of the molecule is Cc1cc(=O)c(C(=O)N(C)C)nn1-c1ccc(Cl)cc1. The fourth-order valence-corrected chi connectivity index (χ4v) is 1.88. The number of nitrogens with zero attached hydrogens (tertiary/aromatic N) is 3. The van der Waals surface area contributed by atoms with Crippen molar-refractivity contribution >= 4 is 17.5 Å². The second-order valence-electron chi connectivity index (χ2n) is 4.59. The van der Waals surface area contributed by atoms with E-state index in [1.54, 1.807) is 50.0 Å². The highest BCUT2D eigenvalue weighted by Crippen LogP contribution is 2.13. The lowest BCUT2D eigenvalue weighted by atomic mass is 10.2. The maximum atomic E-state index is 11.9. The molecule has 0 fully saturated rings. The lowest BCUT2D eigenvalue weighted by molar-refractivity contribution is 0.0818. The Morgan fingerprint density at radius 2 is 1.85 bits per heavy atom. The molecule has 5 nitrogen and oxygen atoms in total. The van der Waals surface area contributed by atoms with Gasteiger partial charge in [0, 0.05) is 30.9 Å². The summed E-state index contributed by atoms with van der Waals surface area (Å²) in [6, 6.07) is 8.40. The first-order valence-corrected chi connectivity index (χ1v) is 6.36. The molecule has 0 aliphatic rings. The zero-order valence-electron chi connectivity index (χ0n) is 11.4. The first-order valence-electron chi connectivity index (χ1n) is 5.98. The largest absolute Gasteiger partial charge is 0.343 e. The van der Waals surface area contributed by atoms with Crippen LogP contribution in [0.1, 0.15) is 16.2 Å². The van der Waals surface area contributed by atoms with Crippen molar-refractivity contribution in [2.24, 2.45) is 0 Å². The quantitative estimate of drug-likeness (QED) is 0.849. The molecule has 0 aliphatic heterocycles. The molecule has 0 atom stereocenters. The van der Waals surface area contributed by atoms with Crippen LogP contribution in [0.3, 0.4) is 0 Å². The second-order valence-corrected chi connectivity index (χ2v) is 5.02. The van der Waals surface area contributed by atoms with Crippen LogP contribution in [0.4, 0.5) is 0 Å². The molecule has 0 saturated heterocycles. The van der Waals surface area contributed by atoms with Crippen LogP contribution in [0.15, 0.2) is 35.1 Å². The van der Waals surface area contributed by atoms with Crippen LogP contribution in [-0.4, -0.2) is 34.7 Å². The predicted octanol–water partition coefficient (Wildman–Crippen LogP) is 1.90. The van der Waals surface area contributed by atoms with Crippen molar-refractivity contribution in [3.63, 3.8) is 0 Å². The number of amides is 1. The maximum absolute atomic E-state index is 11.9. The van der Waals surface area contributed by atoms with E-state index in [0.717, 1.165) is 5.69 Å². The number of halogens is 1. The first kappa shape index (κ1) is 14.3. The molecule has 104 valence electrons. The van der Waals surface area contributed by atoms with Crippen LogP contribution < -0.4 is 5.43 Å². The number of aryl methyl sites for hydroxylation is 1. The van der Waals surface area contributed by atoms with E-state index >= 15 is 0 Å². The van der Waals surface area contributed by atoms with Crippen LogP contribution in [-0.2, 0) is 0 Å². The van der Waals surface area contributed by atoms with Gasteiger partial charge in [0.05, 0.1) is 5.69 Å². The summed E-state index contributed by atoms with van der Waals surface area (Å²) in [7, 11) is 3.16. The van der Waals surface area contributed by atoms with Gasteiger partial charge in [0.2, 0.25) is 5.43 Å². The molecule has 0 unspecified atom stereocenters. The van der Waals surface area contributed by atoms with Gasteiger partial charge in [-0.25, -0.2) is 4.68 Å². The van der Waals surface area contributed by atoms with Crippen molar-refractivity contribution < 1.29 is 4.79 Å². The highest BCUT2D eigenvalue weighted by Gasteiger charge is 2.16. The molecule has 6 heteroatoms. The number of benzene rings is 1.